The van der Waals surface area contributed by atoms with Crippen molar-refractivity contribution in [3.05, 3.63) is 0 Å². The Kier molecular flexibility index (Phi) is 19.2. The molecule has 0 aliphatic heterocycles. The molecule has 4 nitrogen and oxygen atoms in total. The maximum Gasteiger partial charge on any atom is 0.290 e. The Morgan fingerprint density at radius 2 is 1.27 bits per heavy atom. The molecule has 0 unspecified atom stereocenters. The number of rotatable bonds is 5. The third-order valence-electron chi connectivity index (χ3n) is 1.16. The van der Waals surface area contributed by atoms with Gasteiger partial charge in [0.05, 0.1) is 0 Å². The molecule has 0 aromatic heterocycles. The van der Waals surface area contributed by atoms with E-state index in [0.717, 1.165) is 25.9 Å². The largest absolute Gasteiger partial charge is 0.483 e. The van der Waals surface area contributed by atoms with Gasteiger partial charge in [-0.05, 0) is 25.9 Å². The van der Waals surface area contributed by atoms with Gasteiger partial charge < -0.3 is 16.6 Å². The molecular weight excluding hydrogens is 144 g/mol. The zero-order valence-electron chi connectivity index (χ0n) is 6.83. The summed E-state index contributed by atoms with van der Waals surface area (Å²) in [5, 5.41) is 6.89. The van der Waals surface area contributed by atoms with Crippen LogP contribution in [0.3, 0.4) is 0 Å². The maximum atomic E-state index is 8.36. The van der Waals surface area contributed by atoms with E-state index in [0.29, 0.717) is 0 Å². The first-order valence-corrected chi connectivity index (χ1v) is 3.81. The Balaban J connectivity index is 0. The maximum absolute atomic E-state index is 8.36. The van der Waals surface area contributed by atoms with E-state index in [4.69, 9.17) is 21.4 Å². The van der Waals surface area contributed by atoms with Crippen molar-refractivity contribution >= 4 is 6.47 Å². The van der Waals surface area contributed by atoms with E-state index in [1.165, 1.54) is 12.8 Å². The minimum atomic E-state index is -0.250. The molecule has 0 aromatic carbocycles. The molecule has 0 aromatic rings. The predicted octanol–water partition coefficient (Wildman–Crippen LogP) is 0.165. The van der Waals surface area contributed by atoms with E-state index >= 15 is 0 Å². The monoisotopic (exact) mass is 162 g/mol. The van der Waals surface area contributed by atoms with Gasteiger partial charge in [0, 0.05) is 0 Å². The number of carboxylic acid groups (broad SMARTS) is 1. The minimum absolute atomic E-state index is 0.250. The number of unbranched alkanes of at least 4 members (excludes halogenated alkanes) is 3. The van der Waals surface area contributed by atoms with Gasteiger partial charge in [0.25, 0.3) is 6.47 Å². The highest BCUT2D eigenvalue weighted by atomic mass is 16.3. The van der Waals surface area contributed by atoms with Crippen molar-refractivity contribution in [3.8, 4) is 0 Å². The normalized spacial score (nSPS) is 8.18. The predicted molar refractivity (Wildman–Crippen MR) is 45.3 cm³/mol. The molecule has 68 valence electrons. The number of hydrogen-bond donors (Lipinski definition) is 3. The van der Waals surface area contributed by atoms with Crippen LogP contribution in [0.25, 0.3) is 0 Å². The molecule has 0 amide bonds. The Morgan fingerprint density at radius 3 is 1.45 bits per heavy atom. The van der Waals surface area contributed by atoms with Gasteiger partial charge in [-0.25, -0.2) is 0 Å². The van der Waals surface area contributed by atoms with Crippen molar-refractivity contribution in [3.63, 3.8) is 0 Å². The van der Waals surface area contributed by atoms with Crippen molar-refractivity contribution in [2.45, 2.75) is 25.7 Å². The standard InChI is InChI=1S/C6H16N2.CH2O2/c7-5-3-1-2-4-6-8;2-1-3/h1-8H2;1H,(H,2,3). The lowest BCUT2D eigenvalue weighted by atomic mass is 10.2. The summed E-state index contributed by atoms with van der Waals surface area (Å²) in [4.78, 5) is 8.36. The Morgan fingerprint density at radius 1 is 1.00 bits per heavy atom. The van der Waals surface area contributed by atoms with E-state index in [-0.39, 0.29) is 6.47 Å². The highest BCUT2D eigenvalue weighted by Crippen LogP contribution is 1.95. The first-order valence-electron chi connectivity index (χ1n) is 3.81. The average molecular weight is 162 g/mol. The topological polar surface area (TPSA) is 89.3 Å². The van der Waals surface area contributed by atoms with Gasteiger partial charge in [-0.1, -0.05) is 12.8 Å². The highest BCUT2D eigenvalue weighted by molar-refractivity contribution is 5.32. The van der Waals surface area contributed by atoms with Gasteiger partial charge in [0.15, 0.2) is 0 Å². The Bertz CT molecular complexity index is 63.5. The van der Waals surface area contributed by atoms with Crippen LogP contribution in [0.4, 0.5) is 0 Å². The summed E-state index contributed by atoms with van der Waals surface area (Å²) in [5.41, 5.74) is 10.6. The minimum Gasteiger partial charge on any atom is -0.483 e. The molecule has 0 aliphatic carbocycles. The molecule has 0 heterocycles. The zero-order chi connectivity index (χ0) is 8.95. The van der Waals surface area contributed by atoms with Crippen molar-refractivity contribution in [2.75, 3.05) is 13.1 Å². The Labute approximate surface area is 67.6 Å². The molecule has 0 fully saturated rings. The van der Waals surface area contributed by atoms with E-state index in [1.807, 2.05) is 0 Å². The van der Waals surface area contributed by atoms with Gasteiger partial charge in [0.2, 0.25) is 0 Å². The number of carbonyl (C=O) groups is 1. The zero-order valence-corrected chi connectivity index (χ0v) is 6.83. The van der Waals surface area contributed by atoms with E-state index in [2.05, 4.69) is 0 Å². The molecule has 0 saturated heterocycles. The van der Waals surface area contributed by atoms with Gasteiger partial charge in [-0.2, -0.15) is 0 Å². The molecule has 0 atom stereocenters. The fraction of sp³-hybridized carbons (Fsp3) is 0.857. The average Bonchev–Trinajstić information content (AvgIpc) is 2.00. The van der Waals surface area contributed by atoms with Crippen LogP contribution in [0.5, 0.6) is 0 Å². The third kappa shape index (κ3) is 26.6. The molecule has 0 radical (unpaired) electrons. The molecule has 0 aliphatic rings. The molecule has 11 heavy (non-hydrogen) atoms. The van der Waals surface area contributed by atoms with Gasteiger partial charge >= 0.3 is 0 Å². The second-order valence-corrected chi connectivity index (χ2v) is 2.10. The summed E-state index contributed by atoms with van der Waals surface area (Å²) in [6.45, 7) is 1.40. The lowest BCUT2D eigenvalue weighted by Gasteiger charge is -1.94. The van der Waals surface area contributed by atoms with Crippen molar-refractivity contribution < 1.29 is 9.90 Å². The lowest BCUT2D eigenvalue weighted by Crippen LogP contribution is -2.00. The first-order chi connectivity index (χ1) is 5.33. The van der Waals surface area contributed by atoms with Crippen molar-refractivity contribution in [1.29, 1.82) is 0 Å². The van der Waals surface area contributed by atoms with Crippen LogP contribution in [0.15, 0.2) is 0 Å². The molecule has 0 rings (SSSR count). The van der Waals surface area contributed by atoms with E-state index in [9.17, 15) is 0 Å². The fourth-order valence-corrected chi connectivity index (χ4v) is 0.642. The van der Waals surface area contributed by atoms with Crippen molar-refractivity contribution in [2.24, 2.45) is 11.5 Å². The van der Waals surface area contributed by atoms with Crippen LogP contribution in [-0.4, -0.2) is 24.7 Å². The quantitative estimate of drug-likeness (QED) is 0.397. The van der Waals surface area contributed by atoms with E-state index in [1.54, 1.807) is 0 Å². The lowest BCUT2D eigenvalue weighted by molar-refractivity contribution is -0.122. The van der Waals surface area contributed by atoms with Crippen LogP contribution in [0.2, 0.25) is 0 Å². The summed E-state index contributed by atoms with van der Waals surface area (Å²) in [7, 11) is 0. The van der Waals surface area contributed by atoms with Gasteiger partial charge in [-0.3, -0.25) is 4.79 Å². The first kappa shape index (κ1) is 13.0. The summed E-state index contributed by atoms with van der Waals surface area (Å²) in [6, 6.07) is 0. The number of hydrogen-bond acceptors (Lipinski definition) is 3. The van der Waals surface area contributed by atoms with Crippen LogP contribution in [-0.2, 0) is 4.79 Å². The smallest absolute Gasteiger partial charge is 0.290 e. The van der Waals surface area contributed by atoms with Gasteiger partial charge in [0.1, 0.15) is 0 Å². The Hall–Kier alpha value is -0.610. The van der Waals surface area contributed by atoms with Crippen molar-refractivity contribution in [1.82, 2.24) is 0 Å². The van der Waals surface area contributed by atoms with Crippen LogP contribution in [0.1, 0.15) is 25.7 Å². The molecule has 0 saturated carbocycles. The number of nitrogens with two attached hydrogens (primary N) is 2. The second kappa shape index (κ2) is 16.2. The fourth-order valence-electron chi connectivity index (χ4n) is 0.642. The van der Waals surface area contributed by atoms with E-state index < -0.39 is 0 Å². The van der Waals surface area contributed by atoms with Crippen LogP contribution < -0.4 is 11.5 Å². The van der Waals surface area contributed by atoms with Crippen LogP contribution >= 0.6 is 0 Å². The third-order valence-corrected chi connectivity index (χ3v) is 1.16. The molecular formula is C7H18N2O2. The summed E-state index contributed by atoms with van der Waals surface area (Å²) >= 11 is 0. The summed E-state index contributed by atoms with van der Waals surface area (Å²) < 4.78 is 0. The summed E-state index contributed by atoms with van der Waals surface area (Å²) in [5.74, 6) is 0. The SMILES string of the molecule is NCCCCCCN.O=CO. The molecule has 0 spiro atoms. The summed E-state index contributed by atoms with van der Waals surface area (Å²) in [6.07, 6.45) is 4.79. The second-order valence-electron chi connectivity index (χ2n) is 2.10. The van der Waals surface area contributed by atoms with Gasteiger partial charge in [-0.15, -0.1) is 0 Å². The molecule has 0 bridgehead atoms. The molecule has 5 N–H and O–H groups in total. The van der Waals surface area contributed by atoms with Crippen LogP contribution in [0, 0.1) is 0 Å². The highest BCUT2D eigenvalue weighted by Gasteiger charge is 1.83. The molecule has 4 heteroatoms.